The SMILES string of the molecule is Cc1noc(CNS(=O)(=O)c2cc(F)c(Cl)c(CN)c2)n1. The molecular weight excluding hydrogens is 323 g/mol. The fourth-order valence-corrected chi connectivity index (χ4v) is 2.80. The van der Waals surface area contributed by atoms with Crippen molar-refractivity contribution in [3.63, 3.8) is 0 Å². The zero-order valence-electron chi connectivity index (χ0n) is 10.9. The third-order valence-corrected chi connectivity index (χ3v) is 4.39. The Hall–Kier alpha value is -1.55. The Morgan fingerprint density at radius 1 is 1.48 bits per heavy atom. The zero-order valence-corrected chi connectivity index (χ0v) is 12.5. The molecule has 0 saturated carbocycles. The van der Waals surface area contributed by atoms with Gasteiger partial charge in [-0.3, -0.25) is 0 Å². The van der Waals surface area contributed by atoms with Crippen molar-refractivity contribution in [1.82, 2.24) is 14.9 Å². The van der Waals surface area contributed by atoms with Crippen LogP contribution in [0.4, 0.5) is 4.39 Å². The highest BCUT2D eigenvalue weighted by Gasteiger charge is 2.19. The maximum absolute atomic E-state index is 13.6. The molecule has 1 heterocycles. The Balaban J connectivity index is 2.25. The average Bonchev–Trinajstić information content (AvgIpc) is 2.85. The number of aryl methyl sites for hydroxylation is 1. The van der Waals surface area contributed by atoms with E-state index in [0.29, 0.717) is 5.82 Å². The van der Waals surface area contributed by atoms with Crippen LogP contribution in [0.1, 0.15) is 17.3 Å². The maximum atomic E-state index is 13.6. The van der Waals surface area contributed by atoms with Crippen LogP contribution in [0.5, 0.6) is 0 Å². The average molecular weight is 335 g/mol. The first-order chi connectivity index (χ1) is 9.83. The molecule has 3 N–H and O–H groups in total. The van der Waals surface area contributed by atoms with Crippen LogP contribution >= 0.6 is 11.6 Å². The van der Waals surface area contributed by atoms with E-state index in [1.165, 1.54) is 6.07 Å². The first kappa shape index (κ1) is 15.8. The molecule has 0 bridgehead atoms. The molecular formula is C11H12ClFN4O3S. The van der Waals surface area contributed by atoms with Crippen molar-refractivity contribution in [2.24, 2.45) is 5.73 Å². The van der Waals surface area contributed by atoms with Crippen LogP contribution in [-0.4, -0.2) is 18.6 Å². The van der Waals surface area contributed by atoms with Crippen molar-refractivity contribution in [1.29, 1.82) is 0 Å². The van der Waals surface area contributed by atoms with Gasteiger partial charge in [-0.25, -0.2) is 17.5 Å². The lowest BCUT2D eigenvalue weighted by Crippen LogP contribution is -2.24. The molecule has 0 aliphatic rings. The van der Waals surface area contributed by atoms with Crippen LogP contribution in [0.15, 0.2) is 21.6 Å². The van der Waals surface area contributed by atoms with E-state index in [9.17, 15) is 12.8 Å². The molecule has 0 aliphatic heterocycles. The van der Waals surface area contributed by atoms with Gasteiger partial charge in [-0.05, 0) is 24.6 Å². The molecule has 2 rings (SSSR count). The number of nitrogens with one attached hydrogen (secondary N) is 1. The van der Waals surface area contributed by atoms with Gasteiger partial charge in [-0.2, -0.15) is 4.98 Å². The van der Waals surface area contributed by atoms with E-state index < -0.39 is 15.8 Å². The Kier molecular flexibility index (Phi) is 4.57. The first-order valence-electron chi connectivity index (χ1n) is 5.80. The lowest BCUT2D eigenvalue weighted by molar-refractivity contribution is 0.372. The normalized spacial score (nSPS) is 11.8. The number of halogens is 2. The summed E-state index contributed by atoms with van der Waals surface area (Å²) < 4.78 is 44.8. The molecule has 2 aromatic rings. The van der Waals surface area contributed by atoms with E-state index in [4.69, 9.17) is 21.9 Å². The summed E-state index contributed by atoms with van der Waals surface area (Å²) in [5, 5.41) is 3.34. The quantitative estimate of drug-likeness (QED) is 0.847. The number of nitrogens with zero attached hydrogens (tertiary/aromatic N) is 2. The largest absolute Gasteiger partial charge is 0.338 e. The Bertz CT molecular complexity index is 763. The van der Waals surface area contributed by atoms with Crippen molar-refractivity contribution in [3.8, 4) is 0 Å². The van der Waals surface area contributed by atoms with Crippen LogP contribution in [-0.2, 0) is 23.1 Å². The Labute approximate surface area is 125 Å². The van der Waals surface area contributed by atoms with Crippen molar-refractivity contribution in [3.05, 3.63) is 40.3 Å². The van der Waals surface area contributed by atoms with E-state index in [1.807, 2.05) is 0 Å². The molecule has 0 atom stereocenters. The molecule has 0 fully saturated rings. The third kappa shape index (κ3) is 3.56. The number of hydrogen-bond donors (Lipinski definition) is 2. The van der Waals surface area contributed by atoms with Crippen molar-refractivity contribution < 1.29 is 17.3 Å². The summed E-state index contributed by atoms with van der Waals surface area (Å²) in [7, 11) is -3.95. The molecule has 0 amide bonds. The molecule has 0 unspecified atom stereocenters. The minimum Gasteiger partial charge on any atom is -0.338 e. The van der Waals surface area contributed by atoms with Crippen molar-refractivity contribution in [2.75, 3.05) is 0 Å². The topological polar surface area (TPSA) is 111 Å². The molecule has 114 valence electrons. The maximum Gasteiger partial charge on any atom is 0.241 e. The number of aromatic nitrogens is 2. The smallest absolute Gasteiger partial charge is 0.241 e. The van der Waals surface area contributed by atoms with Gasteiger partial charge < -0.3 is 10.3 Å². The second kappa shape index (κ2) is 6.06. The standard InChI is InChI=1S/C11H12ClFN4O3S/c1-6-16-10(20-17-6)5-15-21(18,19)8-2-7(4-14)11(12)9(13)3-8/h2-3,15H,4-5,14H2,1H3. The predicted molar refractivity (Wildman–Crippen MR) is 72.4 cm³/mol. The van der Waals surface area contributed by atoms with Gasteiger partial charge in [0.05, 0.1) is 16.5 Å². The molecule has 0 radical (unpaired) electrons. The molecule has 7 nitrogen and oxygen atoms in total. The highest BCUT2D eigenvalue weighted by molar-refractivity contribution is 7.89. The molecule has 1 aromatic carbocycles. The van der Waals surface area contributed by atoms with Crippen molar-refractivity contribution >= 4 is 21.6 Å². The number of nitrogens with two attached hydrogens (primary N) is 1. The van der Waals surface area contributed by atoms with Crippen LogP contribution in [0.3, 0.4) is 0 Å². The van der Waals surface area contributed by atoms with E-state index in [1.54, 1.807) is 6.92 Å². The number of sulfonamides is 1. The minimum absolute atomic E-state index is 0.0814. The number of rotatable bonds is 5. The summed E-state index contributed by atoms with van der Waals surface area (Å²) in [6.45, 7) is 1.32. The van der Waals surface area contributed by atoms with E-state index >= 15 is 0 Å². The van der Waals surface area contributed by atoms with Gasteiger partial charge in [-0.15, -0.1) is 0 Å². The molecule has 21 heavy (non-hydrogen) atoms. The number of hydrogen-bond acceptors (Lipinski definition) is 6. The highest BCUT2D eigenvalue weighted by Crippen LogP contribution is 2.24. The van der Waals surface area contributed by atoms with E-state index in [-0.39, 0.29) is 34.5 Å². The lowest BCUT2D eigenvalue weighted by atomic mass is 10.2. The fourth-order valence-electron chi connectivity index (χ4n) is 1.57. The van der Waals surface area contributed by atoms with Crippen LogP contribution in [0.25, 0.3) is 0 Å². The van der Waals surface area contributed by atoms with Gasteiger partial charge in [0.15, 0.2) is 5.82 Å². The minimum atomic E-state index is -3.95. The number of benzene rings is 1. The summed E-state index contributed by atoms with van der Waals surface area (Å²) in [6, 6.07) is 2.04. The zero-order chi connectivity index (χ0) is 15.6. The monoisotopic (exact) mass is 334 g/mol. The van der Waals surface area contributed by atoms with Crippen LogP contribution in [0.2, 0.25) is 5.02 Å². The van der Waals surface area contributed by atoms with Crippen LogP contribution in [0, 0.1) is 12.7 Å². The van der Waals surface area contributed by atoms with Gasteiger partial charge in [-0.1, -0.05) is 16.8 Å². The van der Waals surface area contributed by atoms with Crippen molar-refractivity contribution in [2.45, 2.75) is 24.9 Å². The van der Waals surface area contributed by atoms with Gasteiger partial charge in [0.25, 0.3) is 0 Å². The second-order valence-corrected chi connectivity index (χ2v) is 6.29. The summed E-state index contributed by atoms with van der Waals surface area (Å²) in [4.78, 5) is 3.58. The fraction of sp³-hybridized carbons (Fsp3) is 0.273. The predicted octanol–water partition coefficient (Wildman–Crippen LogP) is 1.11. The summed E-state index contributed by atoms with van der Waals surface area (Å²) in [5.41, 5.74) is 5.60. The summed E-state index contributed by atoms with van der Waals surface area (Å²) in [6.07, 6.45) is 0. The van der Waals surface area contributed by atoms with Gasteiger partial charge in [0.1, 0.15) is 5.82 Å². The summed E-state index contributed by atoms with van der Waals surface area (Å²) in [5.74, 6) is -0.370. The molecule has 0 spiro atoms. The molecule has 0 aliphatic carbocycles. The Morgan fingerprint density at radius 2 is 2.19 bits per heavy atom. The second-order valence-electron chi connectivity index (χ2n) is 4.14. The van der Waals surface area contributed by atoms with Crippen LogP contribution < -0.4 is 10.5 Å². The summed E-state index contributed by atoms with van der Waals surface area (Å²) >= 11 is 5.69. The lowest BCUT2D eigenvalue weighted by Gasteiger charge is -2.08. The van der Waals surface area contributed by atoms with Gasteiger partial charge >= 0.3 is 0 Å². The molecule has 10 heteroatoms. The Morgan fingerprint density at radius 3 is 2.76 bits per heavy atom. The molecule has 0 saturated heterocycles. The van der Waals surface area contributed by atoms with Gasteiger partial charge in [0.2, 0.25) is 15.9 Å². The van der Waals surface area contributed by atoms with E-state index in [0.717, 1.165) is 6.07 Å². The van der Waals surface area contributed by atoms with E-state index in [2.05, 4.69) is 14.9 Å². The van der Waals surface area contributed by atoms with Gasteiger partial charge in [0, 0.05) is 6.54 Å². The highest BCUT2D eigenvalue weighted by atomic mass is 35.5. The molecule has 1 aromatic heterocycles. The third-order valence-electron chi connectivity index (χ3n) is 2.59. The first-order valence-corrected chi connectivity index (χ1v) is 7.66.